The van der Waals surface area contributed by atoms with Gasteiger partial charge in [0.25, 0.3) is 0 Å². The second-order valence-electron chi connectivity index (χ2n) is 4.48. The summed E-state index contributed by atoms with van der Waals surface area (Å²) >= 11 is 0. The molecule has 0 heterocycles. The van der Waals surface area contributed by atoms with Gasteiger partial charge in [0.05, 0.1) is 7.11 Å². The van der Waals surface area contributed by atoms with Crippen LogP contribution in [-0.2, 0) is 0 Å². The highest BCUT2D eigenvalue weighted by Crippen LogP contribution is 2.33. The average molecular weight is 249 g/mol. The van der Waals surface area contributed by atoms with Crippen LogP contribution in [0.4, 0.5) is 5.69 Å². The topological polar surface area (TPSA) is 35.2 Å². The van der Waals surface area contributed by atoms with Crippen LogP contribution in [-0.4, -0.2) is 7.11 Å². The smallest absolute Gasteiger partial charge is 0.118 e. The Kier molecular flexibility index (Phi) is 2.84. The van der Waals surface area contributed by atoms with E-state index in [4.69, 9.17) is 10.5 Å². The van der Waals surface area contributed by atoms with Crippen molar-refractivity contribution in [1.82, 2.24) is 0 Å². The summed E-state index contributed by atoms with van der Waals surface area (Å²) in [6.45, 7) is 0. The number of fused-ring (bicyclic) bond motifs is 1. The Morgan fingerprint density at radius 2 is 1.53 bits per heavy atom. The highest BCUT2D eigenvalue weighted by molar-refractivity contribution is 6.04. The van der Waals surface area contributed by atoms with Gasteiger partial charge >= 0.3 is 0 Å². The molecule has 94 valence electrons. The molecule has 0 aliphatic heterocycles. The van der Waals surface area contributed by atoms with E-state index in [0.717, 1.165) is 33.3 Å². The highest BCUT2D eigenvalue weighted by atomic mass is 16.5. The van der Waals surface area contributed by atoms with Crippen LogP contribution >= 0.6 is 0 Å². The lowest BCUT2D eigenvalue weighted by atomic mass is 9.97. The lowest BCUT2D eigenvalue weighted by Crippen LogP contribution is -1.89. The molecular weight excluding hydrogens is 234 g/mol. The fourth-order valence-corrected chi connectivity index (χ4v) is 2.38. The number of benzene rings is 3. The quantitative estimate of drug-likeness (QED) is 0.694. The maximum atomic E-state index is 6.13. The SMILES string of the molecule is COc1ccc(-c2cccc3cccc(N)c23)cc1. The van der Waals surface area contributed by atoms with Gasteiger partial charge in [0, 0.05) is 11.1 Å². The molecule has 0 saturated carbocycles. The van der Waals surface area contributed by atoms with Crippen LogP contribution in [0.1, 0.15) is 0 Å². The van der Waals surface area contributed by atoms with Gasteiger partial charge in [-0.1, -0.05) is 42.5 Å². The van der Waals surface area contributed by atoms with Gasteiger partial charge in [-0.05, 0) is 34.7 Å². The molecule has 0 saturated heterocycles. The van der Waals surface area contributed by atoms with Crippen molar-refractivity contribution in [3.05, 3.63) is 60.7 Å². The minimum absolute atomic E-state index is 0.809. The summed E-state index contributed by atoms with van der Waals surface area (Å²) in [5.74, 6) is 0.858. The van der Waals surface area contributed by atoms with E-state index in [9.17, 15) is 0 Å². The van der Waals surface area contributed by atoms with Crippen molar-refractivity contribution < 1.29 is 4.74 Å². The Morgan fingerprint density at radius 1 is 0.842 bits per heavy atom. The van der Waals surface area contributed by atoms with Crippen LogP contribution in [0.2, 0.25) is 0 Å². The zero-order valence-electron chi connectivity index (χ0n) is 10.8. The molecule has 0 fully saturated rings. The molecule has 2 heteroatoms. The molecule has 0 amide bonds. The second kappa shape index (κ2) is 4.65. The number of rotatable bonds is 2. The van der Waals surface area contributed by atoms with E-state index in [0.29, 0.717) is 0 Å². The molecule has 0 atom stereocenters. The fraction of sp³-hybridized carbons (Fsp3) is 0.0588. The fourth-order valence-electron chi connectivity index (χ4n) is 2.38. The number of anilines is 1. The van der Waals surface area contributed by atoms with E-state index in [1.54, 1.807) is 7.11 Å². The first-order chi connectivity index (χ1) is 9.29. The maximum Gasteiger partial charge on any atom is 0.118 e. The third-order valence-corrected chi connectivity index (χ3v) is 3.34. The van der Waals surface area contributed by atoms with Crippen molar-refractivity contribution in [3.63, 3.8) is 0 Å². The molecule has 3 aromatic rings. The summed E-state index contributed by atoms with van der Waals surface area (Å²) in [6, 6.07) is 20.3. The summed E-state index contributed by atoms with van der Waals surface area (Å²) in [5, 5.41) is 2.27. The summed E-state index contributed by atoms with van der Waals surface area (Å²) < 4.78 is 5.19. The van der Waals surface area contributed by atoms with E-state index >= 15 is 0 Å². The number of ether oxygens (including phenoxy) is 1. The van der Waals surface area contributed by atoms with Crippen molar-refractivity contribution in [1.29, 1.82) is 0 Å². The first-order valence-corrected chi connectivity index (χ1v) is 6.21. The molecule has 3 rings (SSSR count). The van der Waals surface area contributed by atoms with E-state index < -0.39 is 0 Å². The van der Waals surface area contributed by atoms with E-state index in [-0.39, 0.29) is 0 Å². The molecular formula is C17H15NO. The summed E-state index contributed by atoms with van der Waals surface area (Å²) in [7, 11) is 1.67. The molecule has 0 spiro atoms. The molecule has 0 radical (unpaired) electrons. The van der Waals surface area contributed by atoms with E-state index in [1.807, 2.05) is 24.3 Å². The Labute approximate surface area is 112 Å². The minimum atomic E-state index is 0.809. The van der Waals surface area contributed by atoms with Crippen LogP contribution in [0.5, 0.6) is 5.75 Å². The van der Waals surface area contributed by atoms with Crippen LogP contribution < -0.4 is 10.5 Å². The molecule has 19 heavy (non-hydrogen) atoms. The van der Waals surface area contributed by atoms with Crippen LogP contribution in [0.25, 0.3) is 21.9 Å². The van der Waals surface area contributed by atoms with Crippen LogP contribution in [0.3, 0.4) is 0 Å². The summed E-state index contributed by atoms with van der Waals surface area (Å²) in [5.41, 5.74) is 9.23. The summed E-state index contributed by atoms with van der Waals surface area (Å²) in [4.78, 5) is 0. The summed E-state index contributed by atoms with van der Waals surface area (Å²) in [6.07, 6.45) is 0. The first-order valence-electron chi connectivity index (χ1n) is 6.21. The van der Waals surface area contributed by atoms with Crippen LogP contribution in [0, 0.1) is 0 Å². The predicted molar refractivity (Wildman–Crippen MR) is 80.3 cm³/mol. The number of nitrogen functional groups attached to an aromatic ring is 1. The Hall–Kier alpha value is -2.48. The number of nitrogens with two attached hydrogens (primary N) is 1. The van der Waals surface area contributed by atoms with Gasteiger partial charge in [0.2, 0.25) is 0 Å². The molecule has 0 unspecified atom stereocenters. The molecule has 3 aromatic carbocycles. The number of hydrogen-bond acceptors (Lipinski definition) is 2. The highest BCUT2D eigenvalue weighted by Gasteiger charge is 2.06. The predicted octanol–water partition coefficient (Wildman–Crippen LogP) is 4.10. The monoisotopic (exact) mass is 249 g/mol. The van der Waals surface area contributed by atoms with Crippen LogP contribution in [0.15, 0.2) is 60.7 Å². The van der Waals surface area contributed by atoms with Gasteiger partial charge in [-0.25, -0.2) is 0 Å². The van der Waals surface area contributed by atoms with Gasteiger partial charge in [0.15, 0.2) is 0 Å². The van der Waals surface area contributed by atoms with Crippen molar-refractivity contribution in [3.8, 4) is 16.9 Å². The van der Waals surface area contributed by atoms with Crippen molar-refractivity contribution >= 4 is 16.5 Å². The first kappa shape index (κ1) is 11.6. The molecule has 0 aromatic heterocycles. The van der Waals surface area contributed by atoms with Gasteiger partial charge in [-0.15, -0.1) is 0 Å². The largest absolute Gasteiger partial charge is 0.497 e. The Balaban J connectivity index is 2.24. The maximum absolute atomic E-state index is 6.13. The third kappa shape index (κ3) is 2.02. The standard InChI is InChI=1S/C17H15NO/c1-19-14-10-8-12(9-11-14)15-6-2-4-13-5-3-7-16(18)17(13)15/h2-11H,18H2,1H3. The third-order valence-electron chi connectivity index (χ3n) is 3.34. The molecule has 0 bridgehead atoms. The normalized spacial score (nSPS) is 10.6. The zero-order valence-corrected chi connectivity index (χ0v) is 10.8. The van der Waals surface area contributed by atoms with E-state index in [1.165, 1.54) is 0 Å². The average Bonchev–Trinajstić information content (AvgIpc) is 2.47. The van der Waals surface area contributed by atoms with Crippen molar-refractivity contribution in [2.45, 2.75) is 0 Å². The number of hydrogen-bond donors (Lipinski definition) is 1. The second-order valence-corrected chi connectivity index (χ2v) is 4.48. The lowest BCUT2D eigenvalue weighted by Gasteiger charge is -2.10. The van der Waals surface area contributed by atoms with Gasteiger partial charge in [0.1, 0.15) is 5.75 Å². The minimum Gasteiger partial charge on any atom is -0.497 e. The molecule has 0 aliphatic carbocycles. The Bertz CT molecular complexity index is 712. The molecule has 2 N–H and O–H groups in total. The van der Waals surface area contributed by atoms with E-state index in [2.05, 4.69) is 36.4 Å². The van der Waals surface area contributed by atoms with Gasteiger partial charge < -0.3 is 10.5 Å². The van der Waals surface area contributed by atoms with Crippen molar-refractivity contribution in [2.75, 3.05) is 12.8 Å². The molecule has 2 nitrogen and oxygen atoms in total. The van der Waals surface area contributed by atoms with Crippen molar-refractivity contribution in [2.24, 2.45) is 0 Å². The van der Waals surface area contributed by atoms with Gasteiger partial charge in [-0.2, -0.15) is 0 Å². The lowest BCUT2D eigenvalue weighted by molar-refractivity contribution is 0.415. The van der Waals surface area contributed by atoms with Gasteiger partial charge in [-0.3, -0.25) is 0 Å². The molecule has 0 aliphatic rings. The number of methoxy groups -OCH3 is 1. The zero-order chi connectivity index (χ0) is 13.2. The Morgan fingerprint density at radius 3 is 2.21 bits per heavy atom.